The Morgan fingerprint density at radius 1 is 1.15 bits per heavy atom. The number of nitrogens with one attached hydrogen (secondary N) is 1. The van der Waals surface area contributed by atoms with E-state index < -0.39 is 0 Å². The van der Waals surface area contributed by atoms with Crippen LogP contribution in [-0.4, -0.2) is 12.7 Å². The van der Waals surface area contributed by atoms with Crippen LogP contribution in [0.3, 0.4) is 0 Å². The van der Waals surface area contributed by atoms with Crippen LogP contribution in [-0.2, 0) is 6.54 Å². The highest BCUT2D eigenvalue weighted by molar-refractivity contribution is 5.94. The molecule has 4 nitrogen and oxygen atoms in total. The molecule has 3 rings (SSSR count). The first-order chi connectivity index (χ1) is 9.74. The lowest BCUT2D eigenvalue weighted by Gasteiger charge is -2.08. The molecule has 0 aliphatic carbocycles. The van der Waals surface area contributed by atoms with Gasteiger partial charge in [0.1, 0.15) is 0 Å². The molecule has 1 aliphatic rings. The number of fused-ring (bicyclic) bond motifs is 1. The number of carbonyl (C=O) groups excluding carboxylic acids is 1. The smallest absolute Gasteiger partial charge is 0.251 e. The third-order valence-electron chi connectivity index (χ3n) is 3.34. The molecule has 0 saturated carbocycles. The fourth-order valence-corrected chi connectivity index (χ4v) is 2.12. The van der Waals surface area contributed by atoms with Crippen LogP contribution in [0.15, 0.2) is 42.5 Å². The Kier molecular flexibility index (Phi) is 3.29. The van der Waals surface area contributed by atoms with Crippen LogP contribution in [0.2, 0.25) is 0 Å². The van der Waals surface area contributed by atoms with E-state index in [2.05, 4.69) is 5.32 Å². The Bertz CT molecular complexity index is 652. The molecule has 4 heteroatoms. The summed E-state index contributed by atoms with van der Waals surface area (Å²) in [5.74, 6) is 1.18. The van der Waals surface area contributed by atoms with Gasteiger partial charge < -0.3 is 14.8 Å². The number of benzene rings is 2. The zero-order chi connectivity index (χ0) is 13.9. The molecule has 1 N–H and O–H groups in total. The van der Waals surface area contributed by atoms with Crippen molar-refractivity contribution in [2.75, 3.05) is 6.79 Å². The van der Waals surface area contributed by atoms with Crippen LogP contribution in [0, 0.1) is 6.92 Å². The predicted octanol–water partition coefficient (Wildman–Crippen LogP) is 2.65. The average molecular weight is 269 g/mol. The van der Waals surface area contributed by atoms with E-state index in [9.17, 15) is 4.79 Å². The Morgan fingerprint density at radius 3 is 2.80 bits per heavy atom. The van der Waals surface area contributed by atoms with Crippen molar-refractivity contribution >= 4 is 5.91 Å². The molecule has 2 aromatic rings. The van der Waals surface area contributed by atoms with Crippen molar-refractivity contribution in [2.45, 2.75) is 13.5 Å². The van der Waals surface area contributed by atoms with Crippen molar-refractivity contribution in [1.29, 1.82) is 0 Å². The van der Waals surface area contributed by atoms with E-state index in [4.69, 9.17) is 9.47 Å². The Labute approximate surface area is 117 Å². The summed E-state index contributed by atoms with van der Waals surface area (Å²) in [5.41, 5.74) is 2.85. The normalized spacial score (nSPS) is 12.2. The van der Waals surface area contributed by atoms with Gasteiger partial charge in [0.05, 0.1) is 0 Å². The molecule has 0 saturated heterocycles. The highest BCUT2D eigenvalue weighted by atomic mass is 16.7. The van der Waals surface area contributed by atoms with Gasteiger partial charge in [0.25, 0.3) is 5.91 Å². The topological polar surface area (TPSA) is 47.6 Å². The van der Waals surface area contributed by atoms with Crippen LogP contribution >= 0.6 is 0 Å². The van der Waals surface area contributed by atoms with Gasteiger partial charge in [-0.05, 0) is 36.2 Å². The quantitative estimate of drug-likeness (QED) is 0.931. The highest BCUT2D eigenvalue weighted by Crippen LogP contribution is 2.32. The minimum absolute atomic E-state index is 0.119. The number of hydrogen-bond acceptors (Lipinski definition) is 3. The zero-order valence-corrected chi connectivity index (χ0v) is 11.2. The number of amides is 1. The van der Waals surface area contributed by atoms with Gasteiger partial charge in [-0.1, -0.05) is 24.3 Å². The molecule has 1 amide bonds. The van der Waals surface area contributed by atoms with Crippen LogP contribution in [0.5, 0.6) is 11.5 Å². The van der Waals surface area contributed by atoms with E-state index in [-0.39, 0.29) is 12.7 Å². The van der Waals surface area contributed by atoms with E-state index in [1.54, 1.807) is 18.2 Å². The second-order valence-corrected chi connectivity index (χ2v) is 4.68. The fourth-order valence-electron chi connectivity index (χ4n) is 2.12. The minimum atomic E-state index is -0.119. The maximum Gasteiger partial charge on any atom is 0.251 e. The molecule has 0 unspecified atom stereocenters. The van der Waals surface area contributed by atoms with Gasteiger partial charge in [-0.3, -0.25) is 4.79 Å². The van der Waals surface area contributed by atoms with Gasteiger partial charge in [-0.2, -0.15) is 0 Å². The van der Waals surface area contributed by atoms with Gasteiger partial charge in [0, 0.05) is 12.1 Å². The number of rotatable bonds is 3. The molecular weight excluding hydrogens is 254 g/mol. The van der Waals surface area contributed by atoms with Gasteiger partial charge in [0.15, 0.2) is 11.5 Å². The fraction of sp³-hybridized carbons (Fsp3) is 0.188. The van der Waals surface area contributed by atoms with E-state index in [0.717, 1.165) is 5.56 Å². The third kappa shape index (κ3) is 2.45. The molecule has 0 spiro atoms. The maximum absolute atomic E-state index is 12.1. The van der Waals surface area contributed by atoms with Crippen LogP contribution < -0.4 is 14.8 Å². The van der Waals surface area contributed by atoms with Crippen molar-refractivity contribution < 1.29 is 14.3 Å². The average Bonchev–Trinajstić information content (AvgIpc) is 2.93. The summed E-state index contributed by atoms with van der Waals surface area (Å²) in [6.07, 6.45) is 0. The Hall–Kier alpha value is -2.49. The SMILES string of the molecule is Cc1ccccc1CNC(=O)c1ccc2c(c1)OCO2. The van der Waals surface area contributed by atoms with Crippen molar-refractivity contribution in [3.8, 4) is 11.5 Å². The van der Waals surface area contributed by atoms with Gasteiger partial charge >= 0.3 is 0 Å². The van der Waals surface area contributed by atoms with Gasteiger partial charge in [-0.15, -0.1) is 0 Å². The molecule has 0 radical (unpaired) electrons. The Morgan fingerprint density at radius 2 is 1.95 bits per heavy atom. The van der Waals surface area contributed by atoms with Crippen LogP contribution in [0.1, 0.15) is 21.5 Å². The molecule has 1 aliphatic heterocycles. The lowest BCUT2D eigenvalue weighted by atomic mass is 10.1. The predicted molar refractivity (Wildman–Crippen MR) is 74.9 cm³/mol. The summed E-state index contributed by atoms with van der Waals surface area (Å²) in [6.45, 7) is 2.76. The van der Waals surface area contributed by atoms with Crippen molar-refractivity contribution in [3.05, 3.63) is 59.2 Å². The van der Waals surface area contributed by atoms with Gasteiger partial charge in [0.2, 0.25) is 6.79 Å². The van der Waals surface area contributed by atoms with Crippen molar-refractivity contribution in [3.63, 3.8) is 0 Å². The van der Waals surface area contributed by atoms with Crippen molar-refractivity contribution in [2.24, 2.45) is 0 Å². The molecule has 0 aromatic heterocycles. The highest BCUT2D eigenvalue weighted by Gasteiger charge is 2.16. The van der Waals surface area contributed by atoms with E-state index in [0.29, 0.717) is 23.6 Å². The van der Waals surface area contributed by atoms with Gasteiger partial charge in [-0.25, -0.2) is 0 Å². The second-order valence-electron chi connectivity index (χ2n) is 4.68. The molecular formula is C16H15NO3. The third-order valence-corrected chi connectivity index (χ3v) is 3.34. The monoisotopic (exact) mass is 269 g/mol. The molecule has 0 fully saturated rings. The summed E-state index contributed by atoms with van der Waals surface area (Å²) >= 11 is 0. The van der Waals surface area contributed by atoms with E-state index >= 15 is 0 Å². The second kappa shape index (κ2) is 5.25. The van der Waals surface area contributed by atoms with Crippen molar-refractivity contribution in [1.82, 2.24) is 5.32 Å². The van der Waals surface area contributed by atoms with Crippen LogP contribution in [0.4, 0.5) is 0 Å². The van der Waals surface area contributed by atoms with E-state index in [1.807, 2.05) is 31.2 Å². The standard InChI is InChI=1S/C16H15NO3/c1-11-4-2-3-5-13(11)9-17-16(18)12-6-7-14-15(8-12)20-10-19-14/h2-8H,9-10H2,1H3,(H,17,18). The molecule has 2 aromatic carbocycles. The zero-order valence-electron chi connectivity index (χ0n) is 11.2. The first-order valence-electron chi connectivity index (χ1n) is 6.46. The summed E-state index contributed by atoms with van der Waals surface area (Å²) in [4.78, 5) is 12.1. The number of ether oxygens (including phenoxy) is 2. The number of aryl methyl sites for hydroxylation is 1. The molecule has 102 valence electrons. The number of hydrogen-bond donors (Lipinski definition) is 1. The lowest BCUT2D eigenvalue weighted by molar-refractivity contribution is 0.0950. The lowest BCUT2D eigenvalue weighted by Crippen LogP contribution is -2.23. The molecule has 20 heavy (non-hydrogen) atoms. The minimum Gasteiger partial charge on any atom is -0.454 e. The summed E-state index contributed by atoms with van der Waals surface area (Å²) in [5, 5.41) is 2.91. The summed E-state index contributed by atoms with van der Waals surface area (Å²) in [7, 11) is 0. The summed E-state index contributed by atoms with van der Waals surface area (Å²) < 4.78 is 10.5. The first kappa shape index (κ1) is 12.5. The summed E-state index contributed by atoms with van der Waals surface area (Å²) in [6, 6.07) is 13.2. The molecule has 0 atom stereocenters. The van der Waals surface area contributed by atoms with Crippen LogP contribution in [0.25, 0.3) is 0 Å². The largest absolute Gasteiger partial charge is 0.454 e. The Balaban J connectivity index is 1.69. The molecule has 0 bridgehead atoms. The molecule has 1 heterocycles. The van der Waals surface area contributed by atoms with E-state index in [1.165, 1.54) is 5.56 Å². The first-order valence-corrected chi connectivity index (χ1v) is 6.46. The number of carbonyl (C=O) groups is 1. The maximum atomic E-state index is 12.1.